The first-order chi connectivity index (χ1) is 16.0. The molecule has 0 bridgehead atoms. The number of carbonyl (C=O) groups excluding carboxylic acids is 1. The molecule has 2 amide bonds. The molecule has 0 fully saturated rings. The Labute approximate surface area is 197 Å². The van der Waals surface area contributed by atoms with Crippen LogP contribution in [0, 0.1) is 6.92 Å². The lowest BCUT2D eigenvalue weighted by molar-refractivity contribution is -0.137. The number of carboxylic acid groups (broad SMARTS) is 1. The maximum Gasteiger partial charge on any atom is 0.416 e. The number of aliphatic hydroxyl groups excluding tert-OH is 1. The van der Waals surface area contributed by atoms with Crippen LogP contribution in [0.25, 0.3) is 0 Å². The van der Waals surface area contributed by atoms with Gasteiger partial charge in [0.15, 0.2) is 5.82 Å². The number of aliphatic hydroxyl groups is 1. The quantitative estimate of drug-likeness (QED) is 0.375. The van der Waals surface area contributed by atoms with Crippen LogP contribution < -0.4 is 10.6 Å². The molecule has 8 nitrogen and oxygen atoms in total. The third-order valence-corrected chi connectivity index (χ3v) is 5.14. The summed E-state index contributed by atoms with van der Waals surface area (Å²) in [6.07, 6.45) is -4.56. The smallest absolute Gasteiger partial charge is 0.416 e. The normalized spacial score (nSPS) is 11.4. The van der Waals surface area contributed by atoms with Crippen LogP contribution >= 0.6 is 11.6 Å². The number of urea groups is 1. The number of imidazole rings is 1. The highest BCUT2D eigenvalue weighted by molar-refractivity contribution is 6.30. The molecule has 0 aliphatic heterocycles. The van der Waals surface area contributed by atoms with Gasteiger partial charge in [-0.3, -0.25) is 5.32 Å². The molecular formula is C22H20ClF3N4O4. The first-order valence-corrected chi connectivity index (χ1v) is 10.3. The van der Waals surface area contributed by atoms with E-state index in [1.807, 2.05) is 0 Å². The highest BCUT2D eigenvalue weighted by Crippen LogP contribution is 2.29. The molecule has 4 N–H and O–H groups in total. The predicted octanol–water partition coefficient (Wildman–Crippen LogP) is 4.79. The first kappa shape index (κ1) is 25.1. The largest absolute Gasteiger partial charge is 0.475 e. The van der Waals surface area contributed by atoms with Gasteiger partial charge in [0, 0.05) is 30.3 Å². The fraction of sp³-hybridized carbons (Fsp3) is 0.227. The number of amides is 2. The van der Waals surface area contributed by atoms with Crippen LogP contribution in [-0.2, 0) is 19.1 Å². The number of carbonyl (C=O) groups is 2. The number of aryl methyl sites for hydroxylation is 1. The van der Waals surface area contributed by atoms with E-state index in [4.69, 9.17) is 11.6 Å². The highest BCUT2D eigenvalue weighted by atomic mass is 35.5. The molecule has 12 heteroatoms. The minimum absolute atomic E-state index is 0.0590. The summed E-state index contributed by atoms with van der Waals surface area (Å²) in [5, 5.41) is 24.7. The molecule has 180 valence electrons. The Morgan fingerprint density at radius 2 is 1.79 bits per heavy atom. The Morgan fingerprint density at radius 3 is 2.35 bits per heavy atom. The van der Waals surface area contributed by atoms with Crippen molar-refractivity contribution in [1.29, 1.82) is 0 Å². The molecular weight excluding hydrogens is 477 g/mol. The Morgan fingerprint density at radius 1 is 1.12 bits per heavy atom. The topological polar surface area (TPSA) is 116 Å². The fourth-order valence-corrected chi connectivity index (χ4v) is 3.52. The van der Waals surface area contributed by atoms with Gasteiger partial charge in [-0.1, -0.05) is 23.7 Å². The van der Waals surface area contributed by atoms with Crippen molar-refractivity contribution >= 4 is 35.1 Å². The first-order valence-electron chi connectivity index (χ1n) is 9.93. The molecule has 0 spiro atoms. The SMILES string of the molecule is Cc1cc(Cl)ccc1NC(=O)Nc1nc(C(=O)O)n(Cc2ccc(C(F)(F)F)cc2)c1CCO. The van der Waals surface area contributed by atoms with Crippen molar-refractivity contribution in [3.63, 3.8) is 0 Å². The Hall–Kier alpha value is -3.57. The molecule has 1 aromatic heterocycles. The van der Waals surface area contributed by atoms with Gasteiger partial charge in [0.25, 0.3) is 0 Å². The van der Waals surface area contributed by atoms with E-state index < -0.39 is 29.6 Å². The second-order valence-corrected chi connectivity index (χ2v) is 7.77. The number of rotatable bonds is 7. The second-order valence-electron chi connectivity index (χ2n) is 7.33. The summed E-state index contributed by atoms with van der Waals surface area (Å²) >= 11 is 5.91. The molecule has 0 aliphatic rings. The van der Waals surface area contributed by atoms with E-state index in [1.165, 1.54) is 16.7 Å². The predicted molar refractivity (Wildman–Crippen MR) is 119 cm³/mol. The molecule has 1 heterocycles. The third kappa shape index (κ3) is 5.86. The zero-order valence-corrected chi connectivity index (χ0v) is 18.5. The van der Waals surface area contributed by atoms with Gasteiger partial charge in [0.1, 0.15) is 0 Å². The number of nitrogens with one attached hydrogen (secondary N) is 2. The van der Waals surface area contributed by atoms with Gasteiger partial charge in [-0.2, -0.15) is 13.2 Å². The van der Waals surface area contributed by atoms with E-state index >= 15 is 0 Å². The Balaban J connectivity index is 1.90. The standard InChI is InChI=1S/C22H20ClF3N4O4/c1-12-10-15(23)6-7-16(12)27-21(34)29-18-17(8-9-31)30(19(28-18)20(32)33)11-13-2-4-14(5-3-13)22(24,25)26/h2-7,10,31H,8-9,11H2,1H3,(H,32,33)(H2,27,29,34). The minimum Gasteiger partial charge on any atom is -0.475 e. The highest BCUT2D eigenvalue weighted by Gasteiger charge is 2.30. The van der Waals surface area contributed by atoms with Gasteiger partial charge in [-0.05, 0) is 48.4 Å². The van der Waals surface area contributed by atoms with Crippen molar-refractivity contribution < 1.29 is 33.0 Å². The molecule has 0 atom stereocenters. The summed E-state index contributed by atoms with van der Waals surface area (Å²) in [5.74, 6) is -1.95. The summed E-state index contributed by atoms with van der Waals surface area (Å²) in [6.45, 7) is 1.21. The number of anilines is 2. The fourth-order valence-electron chi connectivity index (χ4n) is 3.29. The van der Waals surface area contributed by atoms with Gasteiger partial charge < -0.3 is 20.1 Å². The maximum atomic E-state index is 12.8. The third-order valence-electron chi connectivity index (χ3n) is 4.90. The summed E-state index contributed by atoms with van der Waals surface area (Å²) in [5.41, 5.74) is 0.889. The summed E-state index contributed by atoms with van der Waals surface area (Å²) in [4.78, 5) is 28.3. The van der Waals surface area contributed by atoms with Crippen molar-refractivity contribution in [2.75, 3.05) is 17.2 Å². The molecule has 0 radical (unpaired) electrons. The molecule has 3 rings (SSSR count). The van der Waals surface area contributed by atoms with Gasteiger partial charge in [0.05, 0.1) is 11.3 Å². The van der Waals surface area contributed by atoms with Crippen LogP contribution in [-0.4, -0.2) is 38.4 Å². The second kappa shape index (κ2) is 10.1. The van der Waals surface area contributed by atoms with E-state index in [-0.39, 0.29) is 31.1 Å². The molecule has 2 aromatic carbocycles. The monoisotopic (exact) mass is 496 g/mol. The van der Waals surface area contributed by atoms with E-state index in [0.717, 1.165) is 12.1 Å². The van der Waals surface area contributed by atoms with Gasteiger partial charge in [-0.25, -0.2) is 14.6 Å². The van der Waals surface area contributed by atoms with E-state index in [9.17, 15) is 33.0 Å². The molecule has 0 aliphatic carbocycles. The molecule has 34 heavy (non-hydrogen) atoms. The minimum atomic E-state index is -4.51. The van der Waals surface area contributed by atoms with Crippen molar-refractivity contribution in [3.8, 4) is 0 Å². The zero-order chi connectivity index (χ0) is 25.0. The molecule has 3 aromatic rings. The average Bonchev–Trinajstić information content (AvgIpc) is 3.07. The zero-order valence-electron chi connectivity index (χ0n) is 17.8. The van der Waals surface area contributed by atoms with Crippen molar-refractivity contribution in [2.24, 2.45) is 0 Å². The van der Waals surface area contributed by atoms with Crippen LogP contribution in [0.3, 0.4) is 0 Å². The summed E-state index contributed by atoms with van der Waals surface area (Å²) < 4.78 is 39.7. The lowest BCUT2D eigenvalue weighted by Gasteiger charge is -2.13. The van der Waals surface area contributed by atoms with E-state index in [1.54, 1.807) is 25.1 Å². The van der Waals surface area contributed by atoms with Crippen molar-refractivity contribution in [2.45, 2.75) is 26.1 Å². The lowest BCUT2D eigenvalue weighted by Crippen LogP contribution is -2.21. The van der Waals surface area contributed by atoms with E-state index in [0.29, 0.717) is 21.8 Å². The Bertz CT molecular complexity index is 1210. The number of hydrogen-bond donors (Lipinski definition) is 4. The lowest BCUT2D eigenvalue weighted by atomic mass is 10.1. The molecule has 0 unspecified atom stereocenters. The van der Waals surface area contributed by atoms with Crippen LogP contribution in [0.1, 0.15) is 33.0 Å². The van der Waals surface area contributed by atoms with Crippen LogP contribution in [0.4, 0.5) is 29.5 Å². The Kier molecular flexibility index (Phi) is 7.48. The molecule has 0 saturated carbocycles. The maximum absolute atomic E-state index is 12.8. The number of halogens is 4. The number of carboxylic acids is 1. The number of benzene rings is 2. The van der Waals surface area contributed by atoms with Gasteiger partial charge in [0.2, 0.25) is 5.82 Å². The number of aromatic carboxylic acids is 1. The van der Waals surface area contributed by atoms with Crippen LogP contribution in [0.2, 0.25) is 5.02 Å². The van der Waals surface area contributed by atoms with Crippen LogP contribution in [0.15, 0.2) is 42.5 Å². The van der Waals surface area contributed by atoms with Crippen LogP contribution in [0.5, 0.6) is 0 Å². The average molecular weight is 497 g/mol. The van der Waals surface area contributed by atoms with Crippen molar-refractivity contribution in [3.05, 3.63) is 75.7 Å². The number of nitrogens with zero attached hydrogens (tertiary/aromatic N) is 2. The van der Waals surface area contributed by atoms with Crippen molar-refractivity contribution in [1.82, 2.24) is 9.55 Å². The number of aromatic nitrogens is 2. The van der Waals surface area contributed by atoms with E-state index in [2.05, 4.69) is 15.6 Å². The number of hydrogen-bond acceptors (Lipinski definition) is 4. The van der Waals surface area contributed by atoms with Gasteiger partial charge >= 0.3 is 18.2 Å². The number of alkyl halides is 3. The summed E-state index contributed by atoms with van der Waals surface area (Å²) in [7, 11) is 0. The van der Waals surface area contributed by atoms with Gasteiger partial charge in [-0.15, -0.1) is 0 Å². The summed E-state index contributed by atoms with van der Waals surface area (Å²) in [6, 6.07) is 8.34. The molecule has 0 saturated heterocycles.